The number of amides is 1. The van der Waals surface area contributed by atoms with Crippen LogP contribution in [0.3, 0.4) is 0 Å². The molecule has 3 aromatic rings. The average molecular weight is 402 g/mol. The smallest absolute Gasteiger partial charge is 0.226 e. The summed E-state index contributed by atoms with van der Waals surface area (Å²) in [5.74, 6) is 0.0750. The minimum absolute atomic E-state index is 0.0209. The van der Waals surface area contributed by atoms with Crippen LogP contribution in [-0.2, 0) is 11.2 Å². The van der Waals surface area contributed by atoms with E-state index < -0.39 is 0 Å². The van der Waals surface area contributed by atoms with Crippen molar-refractivity contribution in [1.82, 2.24) is 4.98 Å². The fourth-order valence-corrected chi connectivity index (χ4v) is 3.24. The number of carbonyl (C=O) groups is 2. The lowest BCUT2D eigenvalue weighted by Crippen LogP contribution is -2.24. The van der Waals surface area contributed by atoms with Crippen molar-refractivity contribution in [2.45, 2.75) is 33.1 Å². The average Bonchev–Trinajstić information content (AvgIpc) is 2.77. The third-order valence-electron chi connectivity index (χ3n) is 5.18. The monoisotopic (exact) mass is 402 g/mol. The van der Waals surface area contributed by atoms with Crippen LogP contribution in [0.25, 0.3) is 11.1 Å². The van der Waals surface area contributed by atoms with E-state index in [0.717, 1.165) is 22.5 Å². The predicted octanol–water partition coefficient (Wildman–Crippen LogP) is 4.95. The molecule has 2 aromatic carbocycles. The number of carbonyl (C=O) groups excluding carboxylic acids is 2. The zero-order valence-electron chi connectivity index (χ0n) is 17.6. The maximum atomic E-state index is 12.5. The number of phenols is 1. The Morgan fingerprint density at radius 1 is 1.03 bits per heavy atom. The van der Waals surface area contributed by atoms with Gasteiger partial charge in [-0.25, -0.2) is 0 Å². The molecule has 0 fully saturated rings. The second kappa shape index (κ2) is 9.35. The van der Waals surface area contributed by atoms with Crippen molar-refractivity contribution in [3.8, 4) is 16.9 Å². The van der Waals surface area contributed by atoms with Crippen LogP contribution in [0.4, 0.5) is 5.69 Å². The summed E-state index contributed by atoms with van der Waals surface area (Å²) >= 11 is 0. The van der Waals surface area contributed by atoms with E-state index >= 15 is 0 Å². The van der Waals surface area contributed by atoms with E-state index in [2.05, 4.69) is 4.98 Å². The molecule has 5 heteroatoms. The largest absolute Gasteiger partial charge is 0.507 e. The van der Waals surface area contributed by atoms with Crippen LogP contribution >= 0.6 is 0 Å². The number of Topliss-reactive ketones (excluding diaryl/α,β-unsaturated/α-hetero) is 1. The summed E-state index contributed by atoms with van der Waals surface area (Å²) in [6.45, 7) is 3.75. The molecule has 0 radical (unpaired) electrons. The highest BCUT2D eigenvalue weighted by Gasteiger charge is 2.13. The number of hydrogen-bond donors (Lipinski definition) is 1. The van der Waals surface area contributed by atoms with E-state index in [0.29, 0.717) is 30.4 Å². The third-order valence-corrected chi connectivity index (χ3v) is 5.18. The number of pyridine rings is 1. The van der Waals surface area contributed by atoms with Gasteiger partial charge in [-0.2, -0.15) is 0 Å². The van der Waals surface area contributed by atoms with Gasteiger partial charge < -0.3 is 10.0 Å². The quantitative estimate of drug-likeness (QED) is 0.568. The van der Waals surface area contributed by atoms with Gasteiger partial charge in [0.25, 0.3) is 0 Å². The normalized spacial score (nSPS) is 10.6. The van der Waals surface area contributed by atoms with Gasteiger partial charge in [-0.1, -0.05) is 31.2 Å². The zero-order valence-corrected chi connectivity index (χ0v) is 17.6. The van der Waals surface area contributed by atoms with Gasteiger partial charge in [0.2, 0.25) is 5.91 Å². The highest BCUT2D eigenvalue weighted by Crippen LogP contribution is 2.31. The lowest BCUT2D eigenvalue weighted by molar-refractivity contribution is -0.118. The number of rotatable bonds is 7. The van der Waals surface area contributed by atoms with Gasteiger partial charge in [0.1, 0.15) is 5.75 Å². The third kappa shape index (κ3) is 4.92. The van der Waals surface area contributed by atoms with Crippen LogP contribution in [0.2, 0.25) is 0 Å². The molecular weight excluding hydrogens is 376 g/mol. The van der Waals surface area contributed by atoms with Crippen LogP contribution in [-0.4, -0.2) is 28.8 Å². The van der Waals surface area contributed by atoms with Gasteiger partial charge >= 0.3 is 0 Å². The first-order valence-electron chi connectivity index (χ1n) is 10.0. The van der Waals surface area contributed by atoms with Crippen LogP contribution < -0.4 is 4.90 Å². The second-order valence-electron chi connectivity index (χ2n) is 7.32. The Hall–Kier alpha value is -3.47. The van der Waals surface area contributed by atoms with Crippen LogP contribution in [0.5, 0.6) is 5.75 Å². The molecule has 0 saturated heterocycles. The van der Waals surface area contributed by atoms with Crippen molar-refractivity contribution in [1.29, 1.82) is 0 Å². The van der Waals surface area contributed by atoms with Crippen molar-refractivity contribution in [3.63, 3.8) is 0 Å². The molecule has 1 N–H and O–H groups in total. The molecule has 1 amide bonds. The Morgan fingerprint density at radius 3 is 2.37 bits per heavy atom. The molecule has 1 heterocycles. The summed E-state index contributed by atoms with van der Waals surface area (Å²) in [7, 11) is 1.74. The van der Waals surface area contributed by atoms with Crippen molar-refractivity contribution in [3.05, 3.63) is 77.6 Å². The first-order valence-corrected chi connectivity index (χ1v) is 10.0. The summed E-state index contributed by atoms with van der Waals surface area (Å²) in [4.78, 5) is 30.2. The van der Waals surface area contributed by atoms with Crippen LogP contribution in [0, 0.1) is 6.92 Å². The number of hydrogen-bond acceptors (Lipinski definition) is 4. The van der Waals surface area contributed by atoms with Crippen molar-refractivity contribution in [2.75, 3.05) is 11.9 Å². The number of aryl methyl sites for hydroxylation is 2. The molecule has 3 rings (SSSR count). The van der Waals surface area contributed by atoms with Gasteiger partial charge in [0.05, 0.1) is 0 Å². The predicted molar refractivity (Wildman–Crippen MR) is 119 cm³/mol. The first-order chi connectivity index (χ1) is 14.4. The van der Waals surface area contributed by atoms with E-state index in [1.54, 1.807) is 30.3 Å². The Morgan fingerprint density at radius 2 is 1.77 bits per heavy atom. The molecule has 0 aliphatic heterocycles. The first kappa shape index (κ1) is 21.2. The van der Waals surface area contributed by atoms with Gasteiger partial charge in [-0.3, -0.25) is 14.6 Å². The summed E-state index contributed by atoms with van der Waals surface area (Å²) in [5, 5.41) is 10.5. The van der Waals surface area contributed by atoms with E-state index in [9.17, 15) is 14.7 Å². The Balaban J connectivity index is 1.70. The molecule has 1 aromatic heterocycles. The van der Waals surface area contributed by atoms with E-state index in [1.165, 1.54) is 6.07 Å². The number of nitrogens with zero attached hydrogens (tertiary/aromatic N) is 2. The lowest BCUT2D eigenvalue weighted by atomic mass is 9.98. The second-order valence-corrected chi connectivity index (χ2v) is 7.32. The molecule has 0 spiro atoms. The number of aromatic nitrogens is 1. The molecular formula is C25H26N2O3. The fraction of sp³-hybridized carbons (Fsp3) is 0.240. The summed E-state index contributed by atoms with van der Waals surface area (Å²) < 4.78 is 0. The number of benzene rings is 2. The summed E-state index contributed by atoms with van der Waals surface area (Å²) in [6, 6.07) is 16.3. The van der Waals surface area contributed by atoms with Crippen LogP contribution in [0.15, 0.2) is 60.8 Å². The number of aromatic hydroxyl groups is 1. The zero-order chi connectivity index (χ0) is 21.7. The number of phenolic OH excluding ortho intramolecular Hbond substituents is 1. The van der Waals surface area contributed by atoms with Gasteiger partial charge in [0.15, 0.2) is 5.78 Å². The Kier molecular flexibility index (Phi) is 6.62. The highest BCUT2D eigenvalue weighted by atomic mass is 16.3. The SMILES string of the molecule is CCC(=O)N(C)c1ccc(-c2ccc(C(=O)CCc3ccc(C)nc3)cc2O)cc1. The van der Waals surface area contributed by atoms with Gasteiger partial charge in [-0.15, -0.1) is 0 Å². The van der Waals surface area contributed by atoms with Crippen molar-refractivity contribution in [2.24, 2.45) is 0 Å². The van der Waals surface area contributed by atoms with E-state index in [-0.39, 0.29) is 17.4 Å². The summed E-state index contributed by atoms with van der Waals surface area (Å²) in [5.41, 5.74) is 4.70. The molecule has 0 aliphatic rings. The van der Waals surface area contributed by atoms with Crippen LogP contribution in [0.1, 0.15) is 41.4 Å². The van der Waals surface area contributed by atoms with Gasteiger partial charge in [0, 0.05) is 48.6 Å². The molecule has 0 unspecified atom stereocenters. The maximum absolute atomic E-state index is 12.5. The topological polar surface area (TPSA) is 70.5 Å². The van der Waals surface area contributed by atoms with Gasteiger partial charge in [-0.05, 0) is 54.8 Å². The molecule has 0 saturated carbocycles. The Bertz CT molecular complexity index is 1040. The fourth-order valence-electron chi connectivity index (χ4n) is 3.24. The maximum Gasteiger partial charge on any atom is 0.226 e. The van der Waals surface area contributed by atoms with Crippen molar-refractivity contribution < 1.29 is 14.7 Å². The molecule has 0 atom stereocenters. The van der Waals surface area contributed by atoms with E-state index in [1.807, 2.05) is 50.2 Å². The molecule has 0 aliphatic carbocycles. The molecule has 30 heavy (non-hydrogen) atoms. The van der Waals surface area contributed by atoms with Crippen molar-refractivity contribution >= 4 is 17.4 Å². The number of anilines is 1. The summed E-state index contributed by atoms with van der Waals surface area (Å²) in [6.07, 6.45) is 3.20. The van der Waals surface area contributed by atoms with E-state index in [4.69, 9.17) is 0 Å². The minimum atomic E-state index is -0.0209. The Labute approximate surface area is 177 Å². The standard InChI is InChI=1S/C25H26N2O3/c1-4-25(30)27(3)21-11-8-19(9-12-21)22-13-10-20(15-24(22)29)23(28)14-7-18-6-5-17(2)26-16-18/h5-6,8-13,15-16,29H,4,7,14H2,1-3H3. The number of ketones is 1. The molecule has 154 valence electrons. The minimum Gasteiger partial charge on any atom is -0.507 e. The molecule has 5 nitrogen and oxygen atoms in total. The highest BCUT2D eigenvalue weighted by molar-refractivity contribution is 5.97. The lowest BCUT2D eigenvalue weighted by Gasteiger charge is -2.17. The molecule has 0 bridgehead atoms.